The van der Waals surface area contributed by atoms with Gasteiger partial charge in [0.15, 0.2) is 0 Å². The van der Waals surface area contributed by atoms with Crippen molar-refractivity contribution in [3.8, 4) is 0 Å². The highest BCUT2D eigenvalue weighted by molar-refractivity contribution is 5.85. The second kappa shape index (κ2) is 3.40. The van der Waals surface area contributed by atoms with Crippen molar-refractivity contribution in [2.45, 2.75) is 40.2 Å². The van der Waals surface area contributed by atoms with Crippen molar-refractivity contribution in [1.29, 1.82) is 0 Å². The molecular formula is C12H19NO2. The summed E-state index contributed by atoms with van der Waals surface area (Å²) in [4.78, 5) is 11.0. The number of carbonyl (C=O) groups is 1. The fourth-order valence-corrected chi connectivity index (χ4v) is 1.40. The Morgan fingerprint density at radius 2 is 1.80 bits per heavy atom. The van der Waals surface area contributed by atoms with E-state index in [1.807, 2.05) is 10.8 Å². The normalized spacial score (nSPS) is 12.9. The van der Waals surface area contributed by atoms with Gasteiger partial charge in [-0.1, -0.05) is 20.8 Å². The van der Waals surface area contributed by atoms with E-state index >= 15 is 0 Å². The van der Waals surface area contributed by atoms with Crippen molar-refractivity contribution in [1.82, 2.24) is 4.57 Å². The first-order chi connectivity index (χ1) is 6.68. The van der Waals surface area contributed by atoms with Crippen LogP contribution in [0.5, 0.6) is 0 Å². The minimum Gasteiger partial charge on any atom is -0.477 e. The largest absolute Gasteiger partial charge is 0.477 e. The van der Waals surface area contributed by atoms with Crippen LogP contribution in [0.15, 0.2) is 18.3 Å². The summed E-state index contributed by atoms with van der Waals surface area (Å²) in [6.07, 6.45) is 1.83. The van der Waals surface area contributed by atoms with E-state index in [2.05, 4.69) is 34.6 Å². The molecule has 0 amide bonds. The number of hydrogen-bond donors (Lipinski definition) is 1. The van der Waals surface area contributed by atoms with E-state index in [0.29, 0.717) is 5.69 Å². The summed E-state index contributed by atoms with van der Waals surface area (Å²) in [5.41, 5.74) is 0.107. The summed E-state index contributed by atoms with van der Waals surface area (Å²) in [7, 11) is 0. The molecule has 1 heterocycles. The summed E-state index contributed by atoms with van der Waals surface area (Å²) >= 11 is 0. The van der Waals surface area contributed by atoms with E-state index in [0.717, 1.165) is 0 Å². The number of rotatable bonds is 2. The first-order valence-electron chi connectivity index (χ1n) is 5.09. The van der Waals surface area contributed by atoms with E-state index < -0.39 is 5.97 Å². The Bertz CT molecular complexity index is 369. The van der Waals surface area contributed by atoms with Crippen LogP contribution in [0.2, 0.25) is 0 Å². The molecule has 0 radical (unpaired) electrons. The highest BCUT2D eigenvalue weighted by atomic mass is 16.4. The predicted molar refractivity (Wildman–Crippen MR) is 60.2 cm³/mol. The highest BCUT2D eigenvalue weighted by Gasteiger charge is 2.36. The second-order valence-electron chi connectivity index (χ2n) is 5.38. The molecule has 15 heavy (non-hydrogen) atoms. The minimum absolute atomic E-state index is 0.00375. The number of aromatic carboxylic acids is 1. The van der Waals surface area contributed by atoms with E-state index in [1.165, 1.54) is 0 Å². The van der Waals surface area contributed by atoms with Gasteiger partial charge in [0.1, 0.15) is 5.69 Å². The molecule has 0 fully saturated rings. The molecule has 0 unspecified atom stereocenters. The zero-order chi connectivity index (χ0) is 11.9. The molecule has 1 aromatic heterocycles. The lowest BCUT2D eigenvalue weighted by Crippen LogP contribution is -2.41. The molecule has 1 aromatic rings. The zero-order valence-electron chi connectivity index (χ0n) is 10.0. The van der Waals surface area contributed by atoms with Crippen molar-refractivity contribution < 1.29 is 9.90 Å². The molecule has 0 bridgehead atoms. The van der Waals surface area contributed by atoms with E-state index in [1.54, 1.807) is 12.1 Å². The fourth-order valence-electron chi connectivity index (χ4n) is 1.40. The molecule has 0 aliphatic heterocycles. The first-order valence-corrected chi connectivity index (χ1v) is 5.09. The Labute approximate surface area is 90.7 Å². The molecule has 0 saturated carbocycles. The average molecular weight is 209 g/mol. The van der Waals surface area contributed by atoms with E-state index in [9.17, 15) is 4.79 Å². The Balaban J connectivity index is 3.27. The van der Waals surface area contributed by atoms with Gasteiger partial charge in [-0.2, -0.15) is 0 Å². The molecule has 1 N–H and O–H groups in total. The van der Waals surface area contributed by atoms with Crippen molar-refractivity contribution in [2.24, 2.45) is 5.41 Å². The van der Waals surface area contributed by atoms with Crippen LogP contribution in [0.1, 0.15) is 45.1 Å². The maximum Gasteiger partial charge on any atom is 0.352 e. The van der Waals surface area contributed by atoms with Crippen LogP contribution in [0.4, 0.5) is 0 Å². The molecule has 0 spiro atoms. The molecule has 3 heteroatoms. The number of nitrogens with zero attached hydrogens (tertiary/aromatic N) is 1. The molecule has 0 aromatic carbocycles. The van der Waals surface area contributed by atoms with Crippen molar-refractivity contribution >= 4 is 5.97 Å². The quantitative estimate of drug-likeness (QED) is 0.813. The van der Waals surface area contributed by atoms with Crippen LogP contribution in [-0.2, 0) is 5.54 Å². The summed E-state index contributed by atoms with van der Waals surface area (Å²) in [6, 6.07) is 3.41. The van der Waals surface area contributed by atoms with Gasteiger partial charge in [-0.05, 0) is 31.4 Å². The standard InChI is InChI=1S/C12H19NO2/c1-11(2,3)12(4,5)13-8-6-7-9(13)10(14)15/h6-8H,1-5H3,(H,14,15). The highest BCUT2D eigenvalue weighted by Crippen LogP contribution is 2.37. The lowest BCUT2D eigenvalue weighted by atomic mass is 9.76. The molecule has 0 atom stereocenters. The summed E-state index contributed by atoms with van der Waals surface area (Å²) in [5, 5.41) is 9.06. The van der Waals surface area contributed by atoms with Gasteiger partial charge in [-0.3, -0.25) is 0 Å². The average Bonchev–Trinajstić information content (AvgIpc) is 2.48. The van der Waals surface area contributed by atoms with Crippen LogP contribution < -0.4 is 0 Å². The number of hydrogen-bond acceptors (Lipinski definition) is 1. The maximum atomic E-state index is 11.0. The van der Waals surface area contributed by atoms with Crippen LogP contribution in [0.25, 0.3) is 0 Å². The van der Waals surface area contributed by atoms with Gasteiger partial charge in [0, 0.05) is 11.7 Å². The third-order valence-electron chi connectivity index (χ3n) is 3.41. The molecule has 84 valence electrons. The van der Waals surface area contributed by atoms with Crippen LogP contribution >= 0.6 is 0 Å². The molecule has 0 aliphatic carbocycles. The monoisotopic (exact) mass is 209 g/mol. The minimum atomic E-state index is -0.877. The Kier molecular flexibility index (Phi) is 2.68. The summed E-state index contributed by atoms with van der Waals surface area (Å²) < 4.78 is 1.83. The fraction of sp³-hybridized carbons (Fsp3) is 0.583. The van der Waals surface area contributed by atoms with Crippen LogP contribution in [0.3, 0.4) is 0 Å². The molecule has 1 rings (SSSR count). The second-order valence-corrected chi connectivity index (χ2v) is 5.38. The van der Waals surface area contributed by atoms with Gasteiger partial charge < -0.3 is 9.67 Å². The molecule has 0 aliphatic rings. The van der Waals surface area contributed by atoms with E-state index in [-0.39, 0.29) is 11.0 Å². The summed E-state index contributed by atoms with van der Waals surface area (Å²) in [5.74, 6) is -0.877. The maximum absolute atomic E-state index is 11.0. The van der Waals surface area contributed by atoms with Gasteiger partial charge in [0.2, 0.25) is 0 Å². The Morgan fingerprint density at radius 3 is 2.20 bits per heavy atom. The third-order valence-corrected chi connectivity index (χ3v) is 3.41. The van der Waals surface area contributed by atoms with Crippen LogP contribution in [-0.4, -0.2) is 15.6 Å². The van der Waals surface area contributed by atoms with Crippen molar-refractivity contribution in [3.63, 3.8) is 0 Å². The first kappa shape index (κ1) is 11.8. The zero-order valence-corrected chi connectivity index (χ0v) is 10.0. The number of carboxylic acids is 1. The lowest BCUT2D eigenvalue weighted by Gasteiger charge is -2.41. The van der Waals surface area contributed by atoms with Crippen molar-refractivity contribution in [2.75, 3.05) is 0 Å². The van der Waals surface area contributed by atoms with Crippen LogP contribution in [0, 0.1) is 5.41 Å². The topological polar surface area (TPSA) is 42.2 Å². The molecule has 0 saturated heterocycles. The summed E-state index contributed by atoms with van der Waals surface area (Å²) in [6.45, 7) is 10.4. The third kappa shape index (κ3) is 1.91. The lowest BCUT2D eigenvalue weighted by molar-refractivity contribution is 0.0654. The number of carboxylic acid groups (broad SMARTS) is 1. The van der Waals surface area contributed by atoms with Gasteiger partial charge in [-0.25, -0.2) is 4.79 Å². The Hall–Kier alpha value is -1.25. The number of aromatic nitrogens is 1. The van der Waals surface area contributed by atoms with E-state index in [4.69, 9.17) is 5.11 Å². The smallest absolute Gasteiger partial charge is 0.352 e. The van der Waals surface area contributed by atoms with Gasteiger partial charge >= 0.3 is 5.97 Å². The molecule has 3 nitrogen and oxygen atoms in total. The van der Waals surface area contributed by atoms with Gasteiger partial charge in [0.05, 0.1) is 0 Å². The van der Waals surface area contributed by atoms with Gasteiger partial charge in [0.25, 0.3) is 0 Å². The molecular weight excluding hydrogens is 190 g/mol. The SMILES string of the molecule is CC(C)(C)C(C)(C)n1cccc1C(=O)O. The van der Waals surface area contributed by atoms with Gasteiger partial charge in [-0.15, -0.1) is 0 Å². The predicted octanol–water partition coefficient (Wildman–Crippen LogP) is 2.97. The Morgan fingerprint density at radius 1 is 1.27 bits per heavy atom. The van der Waals surface area contributed by atoms with Crippen molar-refractivity contribution in [3.05, 3.63) is 24.0 Å².